The molecule has 2 N–H and O–H groups in total. The van der Waals surface area contributed by atoms with Crippen LogP contribution in [-0.2, 0) is 11.2 Å². The fourth-order valence-electron chi connectivity index (χ4n) is 2.34. The number of carbonyl (C=O) groups excluding carboxylic acids is 2. The van der Waals surface area contributed by atoms with E-state index in [1.54, 1.807) is 6.92 Å². The Morgan fingerprint density at radius 3 is 2.77 bits per heavy atom. The molecule has 1 amide bonds. The molecule has 0 aliphatic heterocycles. The van der Waals surface area contributed by atoms with E-state index in [-0.39, 0.29) is 46.5 Å². The standard InChI is InChI=1S/C16H17NO5/c1-3-17-14(20)7-5-10-9(2)22-16-11(15(10)21)4-6-13(19)12(16)8-18/h4,6,8,19H,3,5,7H2,1-2H3,(H,17,20). The fourth-order valence-corrected chi connectivity index (χ4v) is 2.34. The van der Waals surface area contributed by atoms with Crippen molar-refractivity contribution in [1.82, 2.24) is 5.32 Å². The van der Waals surface area contributed by atoms with E-state index in [9.17, 15) is 19.5 Å². The maximum atomic E-state index is 12.5. The number of phenolic OH excluding ortho intramolecular Hbond substituents is 1. The number of hydrogen-bond acceptors (Lipinski definition) is 5. The summed E-state index contributed by atoms with van der Waals surface area (Å²) >= 11 is 0. The highest BCUT2D eigenvalue weighted by atomic mass is 16.3. The summed E-state index contributed by atoms with van der Waals surface area (Å²) in [6.07, 6.45) is 0.894. The van der Waals surface area contributed by atoms with Crippen molar-refractivity contribution in [2.24, 2.45) is 0 Å². The van der Waals surface area contributed by atoms with Gasteiger partial charge in [-0.05, 0) is 32.4 Å². The van der Waals surface area contributed by atoms with E-state index in [0.717, 1.165) is 0 Å². The van der Waals surface area contributed by atoms with Gasteiger partial charge in [-0.2, -0.15) is 0 Å². The van der Waals surface area contributed by atoms with Gasteiger partial charge in [0.2, 0.25) is 5.91 Å². The molecular weight excluding hydrogens is 286 g/mol. The monoisotopic (exact) mass is 303 g/mol. The Morgan fingerprint density at radius 2 is 2.14 bits per heavy atom. The van der Waals surface area contributed by atoms with Crippen LogP contribution < -0.4 is 10.7 Å². The molecule has 1 heterocycles. The van der Waals surface area contributed by atoms with E-state index in [2.05, 4.69) is 5.32 Å². The van der Waals surface area contributed by atoms with Crippen molar-refractivity contribution < 1.29 is 19.1 Å². The molecule has 0 bridgehead atoms. The Balaban J connectivity index is 2.50. The number of fused-ring (bicyclic) bond motifs is 1. The van der Waals surface area contributed by atoms with Crippen molar-refractivity contribution in [2.75, 3.05) is 6.54 Å². The molecule has 2 rings (SSSR count). The van der Waals surface area contributed by atoms with Gasteiger partial charge in [0.05, 0.1) is 10.9 Å². The van der Waals surface area contributed by atoms with Crippen LogP contribution in [0, 0.1) is 6.92 Å². The Labute approximate surface area is 126 Å². The number of carbonyl (C=O) groups is 2. The Bertz CT molecular complexity index is 791. The van der Waals surface area contributed by atoms with Crippen molar-refractivity contribution in [2.45, 2.75) is 26.7 Å². The van der Waals surface area contributed by atoms with Crippen molar-refractivity contribution >= 4 is 23.2 Å². The molecule has 116 valence electrons. The van der Waals surface area contributed by atoms with Crippen molar-refractivity contribution in [1.29, 1.82) is 0 Å². The zero-order chi connectivity index (χ0) is 16.3. The van der Waals surface area contributed by atoms with E-state index in [1.165, 1.54) is 12.1 Å². The molecule has 0 radical (unpaired) electrons. The van der Waals surface area contributed by atoms with Gasteiger partial charge in [0, 0.05) is 18.5 Å². The van der Waals surface area contributed by atoms with Gasteiger partial charge in [-0.1, -0.05) is 0 Å². The van der Waals surface area contributed by atoms with Crippen LogP contribution in [0.4, 0.5) is 0 Å². The van der Waals surface area contributed by atoms with E-state index in [4.69, 9.17) is 4.42 Å². The van der Waals surface area contributed by atoms with Crippen LogP contribution in [0.3, 0.4) is 0 Å². The zero-order valence-corrected chi connectivity index (χ0v) is 12.4. The fraction of sp³-hybridized carbons (Fsp3) is 0.312. The molecule has 6 nitrogen and oxygen atoms in total. The first-order valence-electron chi connectivity index (χ1n) is 6.99. The predicted octanol–water partition coefficient (Wildman–Crippen LogP) is 1.69. The quantitative estimate of drug-likeness (QED) is 0.819. The highest BCUT2D eigenvalue weighted by molar-refractivity contribution is 5.97. The van der Waals surface area contributed by atoms with Crippen LogP contribution in [0.1, 0.15) is 35.0 Å². The van der Waals surface area contributed by atoms with Crippen LogP contribution in [0.15, 0.2) is 21.3 Å². The summed E-state index contributed by atoms with van der Waals surface area (Å²) in [5, 5.41) is 12.5. The molecule has 0 saturated heterocycles. The number of benzene rings is 1. The van der Waals surface area contributed by atoms with E-state index in [0.29, 0.717) is 24.2 Å². The van der Waals surface area contributed by atoms with Crippen LogP contribution >= 0.6 is 0 Å². The van der Waals surface area contributed by atoms with Gasteiger partial charge in [-0.25, -0.2) is 0 Å². The average Bonchev–Trinajstić information content (AvgIpc) is 2.47. The number of hydrogen-bond donors (Lipinski definition) is 2. The summed E-state index contributed by atoms with van der Waals surface area (Å²) in [4.78, 5) is 35.1. The smallest absolute Gasteiger partial charge is 0.220 e. The first-order valence-corrected chi connectivity index (χ1v) is 6.99. The molecule has 0 atom stereocenters. The molecule has 1 aromatic carbocycles. The van der Waals surface area contributed by atoms with Crippen molar-refractivity contribution in [3.8, 4) is 5.75 Å². The van der Waals surface area contributed by atoms with Crippen LogP contribution in [-0.4, -0.2) is 23.8 Å². The second-order valence-electron chi connectivity index (χ2n) is 4.91. The first-order chi connectivity index (χ1) is 10.5. The second-order valence-corrected chi connectivity index (χ2v) is 4.91. The molecule has 0 aliphatic rings. The average molecular weight is 303 g/mol. The Morgan fingerprint density at radius 1 is 1.41 bits per heavy atom. The van der Waals surface area contributed by atoms with E-state index >= 15 is 0 Å². The summed E-state index contributed by atoms with van der Waals surface area (Å²) in [5.74, 6) is -0.0312. The number of rotatable bonds is 5. The molecule has 1 aromatic heterocycles. The predicted molar refractivity (Wildman–Crippen MR) is 81.3 cm³/mol. The van der Waals surface area contributed by atoms with Gasteiger partial charge in [-0.15, -0.1) is 0 Å². The molecule has 22 heavy (non-hydrogen) atoms. The molecule has 0 aliphatic carbocycles. The van der Waals surface area contributed by atoms with Crippen LogP contribution in [0.25, 0.3) is 11.0 Å². The lowest BCUT2D eigenvalue weighted by atomic mass is 10.0. The summed E-state index contributed by atoms with van der Waals surface area (Å²) in [7, 11) is 0. The topological polar surface area (TPSA) is 96.6 Å². The summed E-state index contributed by atoms with van der Waals surface area (Å²) < 4.78 is 5.55. The Kier molecular flexibility index (Phi) is 4.60. The molecule has 6 heteroatoms. The first kappa shape index (κ1) is 15.8. The number of amides is 1. The minimum Gasteiger partial charge on any atom is -0.507 e. The zero-order valence-electron chi connectivity index (χ0n) is 12.4. The lowest BCUT2D eigenvalue weighted by molar-refractivity contribution is -0.120. The minimum absolute atomic E-state index is 0.0482. The van der Waals surface area contributed by atoms with Crippen LogP contribution in [0.5, 0.6) is 5.75 Å². The maximum Gasteiger partial charge on any atom is 0.220 e. The lowest BCUT2D eigenvalue weighted by Crippen LogP contribution is -2.24. The Hall–Kier alpha value is -2.63. The molecule has 0 spiro atoms. The van der Waals surface area contributed by atoms with Gasteiger partial charge < -0.3 is 14.8 Å². The van der Waals surface area contributed by atoms with Crippen LogP contribution in [0.2, 0.25) is 0 Å². The molecular formula is C16H17NO5. The minimum atomic E-state index is -0.286. The SMILES string of the molecule is CCNC(=O)CCc1c(C)oc2c(C=O)c(O)ccc2c1=O. The third kappa shape index (κ3) is 2.86. The summed E-state index contributed by atoms with van der Waals surface area (Å²) in [5.41, 5.74) is 0.139. The molecule has 0 fully saturated rings. The number of nitrogens with one attached hydrogen (secondary N) is 1. The van der Waals surface area contributed by atoms with Gasteiger partial charge >= 0.3 is 0 Å². The van der Waals surface area contributed by atoms with Gasteiger partial charge in [-0.3, -0.25) is 14.4 Å². The molecule has 0 unspecified atom stereocenters. The highest BCUT2D eigenvalue weighted by Crippen LogP contribution is 2.25. The largest absolute Gasteiger partial charge is 0.507 e. The second kappa shape index (κ2) is 6.43. The maximum absolute atomic E-state index is 12.5. The third-order valence-electron chi connectivity index (χ3n) is 3.47. The van der Waals surface area contributed by atoms with E-state index in [1.807, 2.05) is 6.92 Å². The van der Waals surface area contributed by atoms with Gasteiger partial charge in [0.25, 0.3) is 0 Å². The normalized spacial score (nSPS) is 10.6. The number of aldehydes is 1. The van der Waals surface area contributed by atoms with E-state index < -0.39 is 0 Å². The number of phenols is 1. The third-order valence-corrected chi connectivity index (χ3v) is 3.47. The van der Waals surface area contributed by atoms with Gasteiger partial charge in [0.1, 0.15) is 11.5 Å². The number of aryl methyl sites for hydroxylation is 1. The lowest BCUT2D eigenvalue weighted by Gasteiger charge is -2.08. The van der Waals surface area contributed by atoms with Crippen molar-refractivity contribution in [3.63, 3.8) is 0 Å². The van der Waals surface area contributed by atoms with Gasteiger partial charge in [0.15, 0.2) is 17.3 Å². The number of aromatic hydroxyl groups is 1. The van der Waals surface area contributed by atoms with Crippen molar-refractivity contribution in [3.05, 3.63) is 39.2 Å². The summed E-state index contributed by atoms with van der Waals surface area (Å²) in [6, 6.07) is 2.70. The molecule has 0 saturated carbocycles. The molecule has 2 aromatic rings. The summed E-state index contributed by atoms with van der Waals surface area (Å²) in [6.45, 7) is 3.96. The highest BCUT2D eigenvalue weighted by Gasteiger charge is 2.17.